The van der Waals surface area contributed by atoms with Crippen molar-refractivity contribution in [3.8, 4) is 0 Å². The van der Waals surface area contributed by atoms with Gasteiger partial charge in [0.2, 0.25) is 0 Å². The molecule has 0 saturated carbocycles. The van der Waals surface area contributed by atoms with Gasteiger partial charge in [-0.25, -0.2) is 0 Å². The summed E-state index contributed by atoms with van der Waals surface area (Å²) in [7, 11) is 3.90. The van der Waals surface area contributed by atoms with E-state index in [0.29, 0.717) is 0 Å². The van der Waals surface area contributed by atoms with Gasteiger partial charge >= 0.3 is 0 Å². The standard InChI is InChI=1S/C15H25N3S.HI/c1-5-13-6-8-14(9-7-13)12-18(3)15(16-2)17-10-11-19-4;/h6-9H,5,10-12H2,1-4H3,(H,16,17);1H. The Morgan fingerprint density at radius 3 is 2.35 bits per heavy atom. The molecule has 20 heavy (non-hydrogen) atoms. The summed E-state index contributed by atoms with van der Waals surface area (Å²) in [5.41, 5.74) is 2.70. The number of nitrogens with one attached hydrogen (secondary N) is 1. The van der Waals surface area contributed by atoms with Gasteiger partial charge in [-0.05, 0) is 23.8 Å². The van der Waals surface area contributed by atoms with Crippen LogP contribution in [-0.4, -0.2) is 43.5 Å². The molecule has 0 amide bonds. The summed E-state index contributed by atoms with van der Waals surface area (Å²) in [6.07, 6.45) is 3.21. The number of nitrogens with zero attached hydrogens (tertiary/aromatic N) is 2. The molecule has 0 aliphatic carbocycles. The molecule has 0 saturated heterocycles. The van der Waals surface area contributed by atoms with Crippen LogP contribution in [0.2, 0.25) is 0 Å². The summed E-state index contributed by atoms with van der Waals surface area (Å²) < 4.78 is 0. The first-order valence-corrected chi connectivity index (χ1v) is 8.09. The van der Waals surface area contributed by atoms with Crippen LogP contribution in [0.4, 0.5) is 0 Å². The summed E-state index contributed by atoms with van der Waals surface area (Å²) in [5, 5.41) is 3.37. The zero-order chi connectivity index (χ0) is 14.1. The van der Waals surface area contributed by atoms with Crippen LogP contribution in [0.15, 0.2) is 29.3 Å². The first kappa shape index (κ1) is 19.6. The third kappa shape index (κ3) is 6.83. The first-order chi connectivity index (χ1) is 9.21. The van der Waals surface area contributed by atoms with Crippen molar-refractivity contribution in [2.45, 2.75) is 19.9 Å². The van der Waals surface area contributed by atoms with Crippen molar-refractivity contribution in [3.05, 3.63) is 35.4 Å². The van der Waals surface area contributed by atoms with Gasteiger partial charge in [-0.1, -0.05) is 31.2 Å². The number of aryl methyl sites for hydroxylation is 1. The Kier molecular flexibility index (Phi) is 11.0. The molecule has 5 heteroatoms. The van der Waals surface area contributed by atoms with Crippen LogP contribution < -0.4 is 5.32 Å². The third-order valence-corrected chi connectivity index (χ3v) is 3.63. The van der Waals surface area contributed by atoms with Crippen LogP contribution in [0.5, 0.6) is 0 Å². The second-order valence-corrected chi connectivity index (χ2v) is 5.48. The third-order valence-electron chi connectivity index (χ3n) is 3.01. The normalized spacial score (nSPS) is 10.9. The Morgan fingerprint density at radius 1 is 1.25 bits per heavy atom. The van der Waals surface area contributed by atoms with Crippen molar-refractivity contribution in [3.63, 3.8) is 0 Å². The van der Waals surface area contributed by atoms with Gasteiger partial charge in [0, 0.05) is 32.9 Å². The number of hydrogen-bond donors (Lipinski definition) is 1. The number of rotatable bonds is 6. The second kappa shape index (κ2) is 11.3. The van der Waals surface area contributed by atoms with E-state index in [-0.39, 0.29) is 24.0 Å². The highest BCUT2D eigenvalue weighted by atomic mass is 127. The molecule has 1 aromatic rings. The average molecular weight is 407 g/mol. The molecule has 0 spiro atoms. The molecule has 3 nitrogen and oxygen atoms in total. The lowest BCUT2D eigenvalue weighted by molar-refractivity contribution is 0.479. The minimum Gasteiger partial charge on any atom is -0.355 e. The summed E-state index contributed by atoms with van der Waals surface area (Å²) in [6.45, 7) is 4.01. The molecule has 0 aliphatic heterocycles. The first-order valence-electron chi connectivity index (χ1n) is 6.69. The molecule has 0 radical (unpaired) electrons. The Hall–Kier alpha value is -0.430. The second-order valence-electron chi connectivity index (χ2n) is 4.49. The predicted octanol–water partition coefficient (Wildman–Crippen LogP) is 3.24. The fraction of sp³-hybridized carbons (Fsp3) is 0.533. The van der Waals surface area contributed by atoms with Crippen LogP contribution >= 0.6 is 35.7 Å². The predicted molar refractivity (Wildman–Crippen MR) is 102 cm³/mol. The van der Waals surface area contributed by atoms with Crippen LogP contribution in [0.3, 0.4) is 0 Å². The molecule has 0 atom stereocenters. The fourth-order valence-electron chi connectivity index (χ4n) is 1.88. The van der Waals surface area contributed by atoms with E-state index in [2.05, 4.69) is 59.7 Å². The van der Waals surface area contributed by atoms with E-state index in [1.54, 1.807) is 0 Å². The number of aliphatic imine (C=N–C) groups is 1. The maximum Gasteiger partial charge on any atom is 0.193 e. The number of hydrogen-bond acceptors (Lipinski definition) is 2. The van der Waals surface area contributed by atoms with E-state index in [1.807, 2.05) is 18.8 Å². The lowest BCUT2D eigenvalue weighted by Gasteiger charge is -2.22. The number of thioether (sulfide) groups is 1. The topological polar surface area (TPSA) is 27.6 Å². The maximum absolute atomic E-state index is 4.31. The zero-order valence-electron chi connectivity index (χ0n) is 12.8. The summed E-state index contributed by atoms with van der Waals surface area (Å²) in [4.78, 5) is 6.47. The van der Waals surface area contributed by atoms with Crippen molar-refractivity contribution < 1.29 is 0 Å². The molecule has 0 bridgehead atoms. The molecule has 114 valence electrons. The van der Waals surface area contributed by atoms with Crippen LogP contribution in [-0.2, 0) is 13.0 Å². The van der Waals surface area contributed by atoms with Crippen molar-refractivity contribution in [2.24, 2.45) is 4.99 Å². The SMILES string of the molecule is CCc1ccc(CN(C)C(=NC)NCCSC)cc1.I. The molecule has 0 unspecified atom stereocenters. The van der Waals surface area contributed by atoms with E-state index in [9.17, 15) is 0 Å². The van der Waals surface area contributed by atoms with Crippen molar-refractivity contribution >= 4 is 41.7 Å². The van der Waals surface area contributed by atoms with Gasteiger partial charge in [-0.2, -0.15) is 11.8 Å². The minimum absolute atomic E-state index is 0. The molecule has 1 N–H and O–H groups in total. The van der Waals surface area contributed by atoms with Gasteiger partial charge in [-0.3, -0.25) is 4.99 Å². The van der Waals surface area contributed by atoms with Crippen molar-refractivity contribution in [2.75, 3.05) is 32.6 Å². The molecular weight excluding hydrogens is 381 g/mol. The monoisotopic (exact) mass is 407 g/mol. The molecule has 0 aromatic heterocycles. The Balaban J connectivity index is 0.00000361. The fourth-order valence-corrected chi connectivity index (χ4v) is 2.18. The lowest BCUT2D eigenvalue weighted by atomic mass is 10.1. The highest BCUT2D eigenvalue weighted by Crippen LogP contribution is 2.07. The number of halogens is 1. The summed E-state index contributed by atoms with van der Waals surface area (Å²) >= 11 is 1.84. The van der Waals surface area contributed by atoms with Gasteiger partial charge in [0.15, 0.2) is 5.96 Å². The molecular formula is C15H26IN3S. The lowest BCUT2D eigenvalue weighted by Crippen LogP contribution is -2.39. The van der Waals surface area contributed by atoms with Crippen LogP contribution in [0, 0.1) is 0 Å². The number of benzene rings is 1. The molecule has 1 rings (SSSR count). The highest BCUT2D eigenvalue weighted by Gasteiger charge is 2.05. The largest absolute Gasteiger partial charge is 0.355 e. The average Bonchev–Trinajstić information content (AvgIpc) is 2.44. The van der Waals surface area contributed by atoms with Gasteiger partial charge in [-0.15, -0.1) is 24.0 Å². The molecule has 0 fully saturated rings. The Bertz CT molecular complexity index is 393. The quantitative estimate of drug-likeness (QED) is 0.340. The Morgan fingerprint density at radius 2 is 1.85 bits per heavy atom. The smallest absolute Gasteiger partial charge is 0.193 e. The van der Waals surface area contributed by atoms with Crippen LogP contribution in [0.25, 0.3) is 0 Å². The van der Waals surface area contributed by atoms with E-state index in [0.717, 1.165) is 31.2 Å². The van der Waals surface area contributed by atoms with E-state index in [4.69, 9.17) is 0 Å². The maximum atomic E-state index is 4.31. The summed E-state index contributed by atoms with van der Waals surface area (Å²) in [5.74, 6) is 2.05. The van der Waals surface area contributed by atoms with Gasteiger partial charge in [0.05, 0.1) is 0 Å². The van der Waals surface area contributed by atoms with E-state index in [1.165, 1.54) is 11.1 Å². The molecule has 1 aromatic carbocycles. The zero-order valence-corrected chi connectivity index (χ0v) is 16.0. The number of guanidine groups is 1. The van der Waals surface area contributed by atoms with E-state index >= 15 is 0 Å². The van der Waals surface area contributed by atoms with Gasteiger partial charge in [0.1, 0.15) is 0 Å². The van der Waals surface area contributed by atoms with Crippen molar-refractivity contribution in [1.82, 2.24) is 10.2 Å². The van der Waals surface area contributed by atoms with Gasteiger partial charge in [0.25, 0.3) is 0 Å². The van der Waals surface area contributed by atoms with E-state index < -0.39 is 0 Å². The van der Waals surface area contributed by atoms with Crippen LogP contribution in [0.1, 0.15) is 18.1 Å². The Labute approximate surface area is 144 Å². The molecule has 0 aliphatic rings. The minimum atomic E-state index is 0. The molecule has 0 heterocycles. The van der Waals surface area contributed by atoms with Crippen molar-refractivity contribution in [1.29, 1.82) is 0 Å². The van der Waals surface area contributed by atoms with Gasteiger partial charge < -0.3 is 10.2 Å². The summed E-state index contributed by atoms with van der Waals surface area (Å²) in [6, 6.07) is 8.80. The highest BCUT2D eigenvalue weighted by molar-refractivity contribution is 14.0.